The lowest BCUT2D eigenvalue weighted by Gasteiger charge is -2.12. The number of nitrogens with two attached hydrogens (primary N) is 1. The predicted octanol–water partition coefficient (Wildman–Crippen LogP) is 2.37. The van der Waals surface area contributed by atoms with Crippen LogP contribution in [0.5, 0.6) is 5.75 Å². The number of ether oxygens (including phenoxy) is 1. The van der Waals surface area contributed by atoms with Crippen LogP contribution in [0.2, 0.25) is 0 Å². The molecule has 0 unspecified atom stereocenters. The van der Waals surface area contributed by atoms with Crippen molar-refractivity contribution in [2.75, 3.05) is 6.61 Å². The van der Waals surface area contributed by atoms with Crippen LogP contribution in [0.4, 0.5) is 0 Å². The SMILES string of the molecule is C[C@H](N)c1ccc(Br)cc1OCC#N. The Balaban J connectivity index is 2.98. The summed E-state index contributed by atoms with van der Waals surface area (Å²) in [5, 5.41) is 8.41. The van der Waals surface area contributed by atoms with Gasteiger partial charge >= 0.3 is 0 Å². The van der Waals surface area contributed by atoms with E-state index in [1.54, 1.807) is 0 Å². The van der Waals surface area contributed by atoms with Crippen LogP contribution in [-0.4, -0.2) is 6.61 Å². The summed E-state index contributed by atoms with van der Waals surface area (Å²) in [6, 6.07) is 7.43. The number of benzene rings is 1. The minimum Gasteiger partial charge on any atom is -0.478 e. The van der Waals surface area contributed by atoms with Crippen LogP contribution in [0, 0.1) is 11.3 Å². The average molecular weight is 255 g/mol. The standard InChI is InChI=1S/C10H11BrN2O/c1-7(13)9-3-2-8(11)6-10(9)14-5-4-12/h2-3,6-7H,5,13H2,1H3/t7-/m0/s1. The van der Waals surface area contributed by atoms with Gasteiger partial charge in [0, 0.05) is 16.1 Å². The van der Waals surface area contributed by atoms with Gasteiger partial charge in [0.25, 0.3) is 0 Å². The van der Waals surface area contributed by atoms with Crippen LogP contribution in [0.15, 0.2) is 22.7 Å². The van der Waals surface area contributed by atoms with E-state index in [1.165, 1.54) is 0 Å². The average Bonchev–Trinajstić information content (AvgIpc) is 2.14. The highest BCUT2D eigenvalue weighted by Crippen LogP contribution is 2.27. The molecule has 3 nitrogen and oxygen atoms in total. The fourth-order valence-electron chi connectivity index (χ4n) is 1.12. The largest absolute Gasteiger partial charge is 0.478 e. The summed E-state index contributed by atoms with van der Waals surface area (Å²) in [4.78, 5) is 0. The lowest BCUT2D eigenvalue weighted by molar-refractivity contribution is 0.361. The maximum atomic E-state index is 8.41. The van der Waals surface area contributed by atoms with Crippen LogP contribution in [0.3, 0.4) is 0 Å². The maximum Gasteiger partial charge on any atom is 0.174 e. The molecular weight excluding hydrogens is 244 g/mol. The summed E-state index contributed by atoms with van der Waals surface area (Å²) in [5.74, 6) is 0.663. The Morgan fingerprint density at radius 1 is 1.64 bits per heavy atom. The van der Waals surface area contributed by atoms with Crippen molar-refractivity contribution < 1.29 is 4.74 Å². The Morgan fingerprint density at radius 3 is 2.93 bits per heavy atom. The molecule has 2 N–H and O–H groups in total. The third-order valence-electron chi connectivity index (χ3n) is 1.76. The highest BCUT2D eigenvalue weighted by atomic mass is 79.9. The Morgan fingerprint density at radius 2 is 2.36 bits per heavy atom. The normalized spacial score (nSPS) is 11.9. The lowest BCUT2D eigenvalue weighted by atomic mass is 10.1. The van der Waals surface area contributed by atoms with Crippen LogP contribution >= 0.6 is 15.9 Å². The molecule has 1 aromatic rings. The molecule has 0 fully saturated rings. The number of nitriles is 1. The summed E-state index contributed by atoms with van der Waals surface area (Å²) in [7, 11) is 0. The van der Waals surface area contributed by atoms with Crippen molar-refractivity contribution in [3.05, 3.63) is 28.2 Å². The van der Waals surface area contributed by atoms with E-state index in [9.17, 15) is 0 Å². The first-order valence-corrected chi connectivity index (χ1v) is 4.99. The Labute approximate surface area is 91.6 Å². The molecule has 0 radical (unpaired) electrons. The van der Waals surface area contributed by atoms with Crippen molar-refractivity contribution in [2.45, 2.75) is 13.0 Å². The van der Waals surface area contributed by atoms with Gasteiger partial charge in [-0.15, -0.1) is 0 Å². The van der Waals surface area contributed by atoms with E-state index in [4.69, 9.17) is 15.7 Å². The van der Waals surface area contributed by atoms with Gasteiger partial charge in [0.05, 0.1) is 0 Å². The van der Waals surface area contributed by atoms with Crippen LogP contribution in [-0.2, 0) is 0 Å². The molecule has 0 aromatic heterocycles. The van der Waals surface area contributed by atoms with E-state index in [0.29, 0.717) is 5.75 Å². The van der Waals surface area contributed by atoms with Gasteiger partial charge in [-0.05, 0) is 19.1 Å². The molecule has 0 bridgehead atoms. The first-order chi connectivity index (χ1) is 6.65. The smallest absolute Gasteiger partial charge is 0.174 e. The molecule has 0 saturated heterocycles. The highest BCUT2D eigenvalue weighted by molar-refractivity contribution is 9.10. The minimum absolute atomic E-state index is 0.0379. The van der Waals surface area contributed by atoms with Crippen molar-refractivity contribution in [2.24, 2.45) is 5.73 Å². The summed E-state index contributed by atoms with van der Waals surface area (Å²) >= 11 is 3.33. The van der Waals surface area contributed by atoms with Gasteiger partial charge < -0.3 is 10.5 Å². The molecule has 1 aromatic carbocycles. The van der Waals surface area contributed by atoms with E-state index < -0.39 is 0 Å². The van der Waals surface area contributed by atoms with Crippen LogP contribution < -0.4 is 10.5 Å². The summed E-state index contributed by atoms with van der Waals surface area (Å²) < 4.78 is 6.17. The molecule has 0 aliphatic rings. The third kappa shape index (κ3) is 2.72. The number of hydrogen-bond donors (Lipinski definition) is 1. The van der Waals surface area contributed by atoms with Crippen molar-refractivity contribution >= 4 is 15.9 Å². The summed E-state index contributed by atoms with van der Waals surface area (Å²) in [5.41, 5.74) is 6.66. The fraction of sp³-hybridized carbons (Fsp3) is 0.300. The van der Waals surface area contributed by atoms with E-state index in [-0.39, 0.29) is 12.6 Å². The number of halogens is 1. The van der Waals surface area contributed by atoms with Crippen molar-refractivity contribution in [3.63, 3.8) is 0 Å². The molecule has 0 aliphatic heterocycles. The second kappa shape index (κ2) is 4.99. The van der Waals surface area contributed by atoms with Crippen LogP contribution in [0.25, 0.3) is 0 Å². The molecule has 0 heterocycles. The first-order valence-electron chi connectivity index (χ1n) is 4.20. The lowest BCUT2D eigenvalue weighted by Crippen LogP contribution is -2.08. The molecule has 0 amide bonds. The molecule has 14 heavy (non-hydrogen) atoms. The van der Waals surface area contributed by atoms with Gasteiger partial charge in [0.2, 0.25) is 0 Å². The summed E-state index contributed by atoms with van der Waals surface area (Å²) in [6.45, 7) is 1.92. The quantitative estimate of drug-likeness (QED) is 0.901. The summed E-state index contributed by atoms with van der Waals surface area (Å²) in [6.07, 6.45) is 0. The fourth-order valence-corrected chi connectivity index (χ4v) is 1.46. The van der Waals surface area contributed by atoms with Gasteiger partial charge in [0.15, 0.2) is 6.61 Å². The molecule has 0 aliphatic carbocycles. The zero-order valence-corrected chi connectivity index (χ0v) is 9.41. The Kier molecular flexibility index (Phi) is 3.93. The zero-order chi connectivity index (χ0) is 10.6. The molecule has 0 saturated carbocycles. The van der Waals surface area contributed by atoms with Crippen molar-refractivity contribution in [3.8, 4) is 11.8 Å². The van der Waals surface area contributed by atoms with Gasteiger partial charge in [-0.1, -0.05) is 22.0 Å². The number of rotatable bonds is 3. The second-order valence-corrected chi connectivity index (χ2v) is 3.83. The maximum absolute atomic E-state index is 8.41. The van der Waals surface area contributed by atoms with E-state index in [0.717, 1.165) is 10.0 Å². The van der Waals surface area contributed by atoms with E-state index >= 15 is 0 Å². The van der Waals surface area contributed by atoms with E-state index in [1.807, 2.05) is 31.2 Å². The number of nitrogens with zero attached hydrogens (tertiary/aromatic N) is 1. The highest BCUT2D eigenvalue weighted by Gasteiger charge is 2.08. The second-order valence-electron chi connectivity index (χ2n) is 2.92. The topological polar surface area (TPSA) is 59.0 Å². The van der Waals surface area contributed by atoms with Gasteiger partial charge in [-0.25, -0.2) is 0 Å². The number of hydrogen-bond acceptors (Lipinski definition) is 3. The molecule has 4 heteroatoms. The molecule has 1 atom stereocenters. The molecule has 1 rings (SSSR count). The third-order valence-corrected chi connectivity index (χ3v) is 2.25. The Bertz CT molecular complexity index is 358. The van der Waals surface area contributed by atoms with Crippen molar-refractivity contribution in [1.82, 2.24) is 0 Å². The molecule has 74 valence electrons. The minimum atomic E-state index is -0.100. The van der Waals surface area contributed by atoms with Crippen LogP contribution in [0.1, 0.15) is 18.5 Å². The van der Waals surface area contributed by atoms with E-state index in [2.05, 4.69) is 15.9 Å². The van der Waals surface area contributed by atoms with Gasteiger partial charge in [-0.3, -0.25) is 0 Å². The van der Waals surface area contributed by atoms with Gasteiger partial charge in [-0.2, -0.15) is 5.26 Å². The Hall–Kier alpha value is -1.05. The first kappa shape index (κ1) is 11.0. The zero-order valence-electron chi connectivity index (χ0n) is 7.83. The van der Waals surface area contributed by atoms with Gasteiger partial charge in [0.1, 0.15) is 11.8 Å². The van der Waals surface area contributed by atoms with Crippen molar-refractivity contribution in [1.29, 1.82) is 5.26 Å². The molecular formula is C10H11BrN2O. The molecule has 0 spiro atoms. The monoisotopic (exact) mass is 254 g/mol. The predicted molar refractivity (Wildman–Crippen MR) is 57.9 cm³/mol.